The molecular weight excluding hydrogens is 422 g/mol. The van der Waals surface area contributed by atoms with Gasteiger partial charge in [0.2, 0.25) is 10.0 Å². The summed E-state index contributed by atoms with van der Waals surface area (Å²) in [7, 11) is -3.99. The van der Waals surface area contributed by atoms with E-state index in [0.29, 0.717) is 25.7 Å². The Bertz CT molecular complexity index is 1180. The zero-order valence-corrected chi connectivity index (χ0v) is 18.2. The minimum absolute atomic E-state index is 0.253. The Hall–Kier alpha value is -2.62. The van der Waals surface area contributed by atoms with Crippen LogP contribution < -0.4 is 0 Å². The van der Waals surface area contributed by atoms with Crippen LogP contribution in [0.4, 0.5) is 8.78 Å². The van der Waals surface area contributed by atoms with Crippen LogP contribution in [0.1, 0.15) is 17.0 Å². The first-order valence-electron chi connectivity index (χ1n) is 10.0. The molecule has 0 unspecified atom stereocenters. The minimum atomic E-state index is -3.99. The van der Waals surface area contributed by atoms with Crippen LogP contribution in [0, 0.1) is 25.5 Å². The topological polar surface area (TPSA) is 58.4 Å². The van der Waals surface area contributed by atoms with Crippen LogP contribution in [0.3, 0.4) is 0 Å². The maximum atomic E-state index is 14.0. The van der Waals surface area contributed by atoms with Crippen molar-refractivity contribution in [2.75, 3.05) is 26.2 Å². The van der Waals surface area contributed by atoms with Crippen LogP contribution in [0.2, 0.25) is 0 Å². The molecule has 0 saturated carbocycles. The molecule has 0 spiro atoms. The van der Waals surface area contributed by atoms with Gasteiger partial charge in [-0.2, -0.15) is 9.40 Å². The average Bonchev–Trinajstić information content (AvgIpc) is 3.07. The van der Waals surface area contributed by atoms with Crippen LogP contribution in [0.25, 0.3) is 5.69 Å². The number of hydrogen-bond donors (Lipinski definition) is 0. The maximum absolute atomic E-state index is 14.0. The molecule has 0 amide bonds. The summed E-state index contributed by atoms with van der Waals surface area (Å²) in [6.45, 7) is 6.23. The Labute approximate surface area is 180 Å². The van der Waals surface area contributed by atoms with Crippen molar-refractivity contribution in [3.63, 3.8) is 0 Å². The molecule has 1 saturated heterocycles. The van der Waals surface area contributed by atoms with E-state index in [4.69, 9.17) is 0 Å². The summed E-state index contributed by atoms with van der Waals surface area (Å²) < 4.78 is 55.7. The number of sulfonamides is 1. The standard InChI is InChI=1S/C22H24F2N4O2S/c1-16-13-17(2)28(25-16)20-6-3-18(4-7-20)15-26-9-11-27(12-10-26)31(29,30)22-8-5-19(23)14-21(22)24/h3-8,13-14H,9-12,15H2,1-2H3. The van der Waals surface area contributed by atoms with Crippen LogP contribution in [0.5, 0.6) is 0 Å². The van der Waals surface area contributed by atoms with E-state index in [0.717, 1.165) is 34.8 Å². The quantitative estimate of drug-likeness (QED) is 0.604. The SMILES string of the molecule is Cc1cc(C)n(-c2ccc(CN3CCN(S(=O)(=O)c4ccc(F)cc4F)CC3)cc2)n1. The number of rotatable bonds is 5. The third-order valence-corrected chi connectivity index (χ3v) is 7.37. The number of benzene rings is 2. The summed E-state index contributed by atoms with van der Waals surface area (Å²) in [5, 5.41) is 4.49. The maximum Gasteiger partial charge on any atom is 0.246 e. The highest BCUT2D eigenvalue weighted by Crippen LogP contribution is 2.22. The second-order valence-electron chi connectivity index (χ2n) is 7.76. The molecule has 0 bridgehead atoms. The largest absolute Gasteiger partial charge is 0.296 e. The van der Waals surface area contributed by atoms with Gasteiger partial charge in [-0.25, -0.2) is 21.9 Å². The summed E-state index contributed by atoms with van der Waals surface area (Å²) in [6.07, 6.45) is 0. The predicted molar refractivity (Wildman–Crippen MR) is 113 cm³/mol. The van der Waals surface area contributed by atoms with Gasteiger partial charge in [0.15, 0.2) is 0 Å². The molecule has 31 heavy (non-hydrogen) atoms. The Morgan fingerprint density at radius 1 is 0.935 bits per heavy atom. The zero-order chi connectivity index (χ0) is 22.2. The highest BCUT2D eigenvalue weighted by atomic mass is 32.2. The van der Waals surface area contributed by atoms with Gasteiger partial charge >= 0.3 is 0 Å². The number of nitrogens with zero attached hydrogens (tertiary/aromatic N) is 4. The molecular formula is C22H24F2N4O2S. The van der Waals surface area contributed by atoms with E-state index < -0.39 is 26.6 Å². The van der Waals surface area contributed by atoms with Gasteiger partial charge in [-0.3, -0.25) is 4.90 Å². The van der Waals surface area contributed by atoms with E-state index in [1.165, 1.54) is 4.31 Å². The molecule has 3 aromatic rings. The molecule has 0 aliphatic carbocycles. The normalized spacial score (nSPS) is 16.0. The fraction of sp³-hybridized carbons (Fsp3) is 0.318. The van der Waals surface area contributed by atoms with Gasteiger partial charge in [0, 0.05) is 44.5 Å². The number of hydrogen-bond acceptors (Lipinski definition) is 4. The smallest absolute Gasteiger partial charge is 0.246 e. The highest BCUT2D eigenvalue weighted by Gasteiger charge is 2.30. The molecule has 2 aromatic carbocycles. The Balaban J connectivity index is 1.38. The third-order valence-electron chi connectivity index (χ3n) is 5.44. The molecule has 2 heterocycles. The summed E-state index contributed by atoms with van der Waals surface area (Å²) in [5.74, 6) is -1.87. The average molecular weight is 447 g/mol. The van der Waals surface area contributed by atoms with Gasteiger partial charge in [-0.05, 0) is 49.7 Å². The van der Waals surface area contributed by atoms with Crippen molar-refractivity contribution in [3.8, 4) is 5.69 Å². The molecule has 1 aromatic heterocycles. The van der Waals surface area contributed by atoms with Gasteiger partial charge in [0.1, 0.15) is 16.5 Å². The number of piperazine rings is 1. The van der Waals surface area contributed by atoms with Crippen molar-refractivity contribution in [2.45, 2.75) is 25.3 Å². The monoisotopic (exact) mass is 446 g/mol. The molecule has 9 heteroatoms. The van der Waals surface area contributed by atoms with Gasteiger partial charge in [-0.15, -0.1) is 0 Å². The first-order valence-corrected chi connectivity index (χ1v) is 11.5. The first kappa shape index (κ1) is 21.6. The van der Waals surface area contributed by atoms with Gasteiger partial charge in [0.25, 0.3) is 0 Å². The van der Waals surface area contributed by atoms with Crippen molar-refractivity contribution in [2.24, 2.45) is 0 Å². The summed E-state index contributed by atoms with van der Waals surface area (Å²) in [5.41, 5.74) is 4.15. The molecule has 4 rings (SSSR count). The van der Waals surface area contributed by atoms with Crippen molar-refractivity contribution in [1.29, 1.82) is 0 Å². The molecule has 164 valence electrons. The van der Waals surface area contributed by atoms with Gasteiger partial charge in [-0.1, -0.05) is 12.1 Å². The highest BCUT2D eigenvalue weighted by molar-refractivity contribution is 7.89. The van der Waals surface area contributed by atoms with Crippen molar-refractivity contribution in [1.82, 2.24) is 19.0 Å². The van der Waals surface area contributed by atoms with Crippen molar-refractivity contribution in [3.05, 3.63) is 77.1 Å². The van der Waals surface area contributed by atoms with Gasteiger partial charge < -0.3 is 0 Å². The second-order valence-corrected chi connectivity index (χ2v) is 9.67. The molecule has 1 fully saturated rings. The molecule has 1 aliphatic heterocycles. The molecule has 0 N–H and O–H groups in total. The predicted octanol–water partition coefficient (Wildman–Crippen LogP) is 3.27. The molecule has 0 radical (unpaired) electrons. The van der Waals surface area contributed by atoms with Crippen LogP contribution in [-0.2, 0) is 16.6 Å². The van der Waals surface area contributed by atoms with Crippen molar-refractivity contribution < 1.29 is 17.2 Å². The van der Waals surface area contributed by atoms with E-state index in [9.17, 15) is 17.2 Å². The van der Waals surface area contributed by atoms with E-state index in [-0.39, 0.29) is 13.1 Å². The van der Waals surface area contributed by atoms with Crippen LogP contribution >= 0.6 is 0 Å². The Morgan fingerprint density at radius 3 is 2.19 bits per heavy atom. The lowest BCUT2D eigenvalue weighted by Crippen LogP contribution is -2.48. The Morgan fingerprint density at radius 2 is 1.61 bits per heavy atom. The van der Waals surface area contributed by atoms with Gasteiger partial charge in [0.05, 0.1) is 11.4 Å². The number of aryl methyl sites for hydroxylation is 2. The van der Waals surface area contributed by atoms with Crippen LogP contribution in [0.15, 0.2) is 53.4 Å². The fourth-order valence-electron chi connectivity index (χ4n) is 3.84. The molecule has 6 nitrogen and oxygen atoms in total. The van der Waals surface area contributed by atoms with E-state index >= 15 is 0 Å². The Kier molecular flexibility index (Phi) is 5.92. The van der Waals surface area contributed by atoms with E-state index in [1.54, 1.807) is 0 Å². The van der Waals surface area contributed by atoms with Crippen molar-refractivity contribution >= 4 is 10.0 Å². The van der Waals surface area contributed by atoms with E-state index in [1.807, 2.05) is 48.9 Å². The van der Waals surface area contributed by atoms with E-state index in [2.05, 4.69) is 10.00 Å². The fourth-order valence-corrected chi connectivity index (χ4v) is 5.31. The third kappa shape index (κ3) is 4.53. The minimum Gasteiger partial charge on any atom is -0.296 e. The molecule has 1 aliphatic rings. The zero-order valence-electron chi connectivity index (χ0n) is 17.4. The summed E-state index contributed by atoms with van der Waals surface area (Å²) >= 11 is 0. The lowest BCUT2D eigenvalue weighted by atomic mass is 10.2. The first-order chi connectivity index (χ1) is 14.7. The number of aromatic nitrogens is 2. The lowest BCUT2D eigenvalue weighted by molar-refractivity contribution is 0.181. The van der Waals surface area contributed by atoms with Crippen LogP contribution in [-0.4, -0.2) is 53.6 Å². The second kappa shape index (κ2) is 8.49. The number of halogens is 2. The summed E-state index contributed by atoms with van der Waals surface area (Å²) in [4.78, 5) is 1.67. The lowest BCUT2D eigenvalue weighted by Gasteiger charge is -2.34. The summed E-state index contributed by atoms with van der Waals surface area (Å²) in [6, 6.07) is 12.7. The molecule has 0 atom stereocenters.